The van der Waals surface area contributed by atoms with E-state index in [1.54, 1.807) is 0 Å². The van der Waals surface area contributed by atoms with Crippen molar-refractivity contribution in [3.63, 3.8) is 0 Å². The first-order valence-electron chi connectivity index (χ1n) is 4.50. The Labute approximate surface area is 78.5 Å². The van der Waals surface area contributed by atoms with E-state index in [4.69, 9.17) is 0 Å². The minimum atomic E-state index is -0.293. The summed E-state index contributed by atoms with van der Waals surface area (Å²) >= 11 is 0. The quantitative estimate of drug-likeness (QED) is 0.491. The van der Waals surface area contributed by atoms with Crippen molar-refractivity contribution in [1.82, 2.24) is 0 Å². The van der Waals surface area contributed by atoms with E-state index in [1.807, 2.05) is 13.0 Å². The zero-order chi connectivity index (χ0) is 9.68. The van der Waals surface area contributed by atoms with Gasteiger partial charge in [-0.1, -0.05) is 6.08 Å². The fraction of sp³-hybridized carbons (Fsp3) is 0.600. The van der Waals surface area contributed by atoms with E-state index in [9.17, 15) is 4.79 Å². The lowest BCUT2D eigenvalue weighted by Gasteiger charge is -1.99. The fourth-order valence-electron chi connectivity index (χ4n) is 1.38. The molecule has 0 N–H and O–H groups in total. The van der Waals surface area contributed by atoms with Gasteiger partial charge < -0.3 is 4.74 Å². The van der Waals surface area contributed by atoms with E-state index in [-0.39, 0.29) is 5.97 Å². The van der Waals surface area contributed by atoms with Crippen LogP contribution in [0.15, 0.2) is 17.1 Å². The summed E-state index contributed by atoms with van der Waals surface area (Å²) in [5.74, 6) is -0.293. The van der Waals surface area contributed by atoms with Crippen molar-refractivity contribution in [1.29, 1.82) is 0 Å². The molecule has 1 rings (SSSR count). The highest BCUT2D eigenvalue weighted by atomic mass is 16.5. The van der Waals surface area contributed by atoms with Gasteiger partial charge >= 0.3 is 5.97 Å². The molecule has 0 saturated heterocycles. The zero-order valence-electron chi connectivity index (χ0n) is 8.12. The first kappa shape index (κ1) is 9.96. The SMILES string of the molecule is COC(=O)C=CCC1CCC(C)=N1. The lowest BCUT2D eigenvalue weighted by molar-refractivity contribution is -0.134. The van der Waals surface area contributed by atoms with Crippen molar-refractivity contribution >= 4 is 11.7 Å². The van der Waals surface area contributed by atoms with Crippen molar-refractivity contribution < 1.29 is 9.53 Å². The average molecular weight is 181 g/mol. The monoisotopic (exact) mass is 181 g/mol. The van der Waals surface area contributed by atoms with Crippen LogP contribution in [0.1, 0.15) is 26.2 Å². The Morgan fingerprint density at radius 2 is 2.54 bits per heavy atom. The number of rotatable bonds is 3. The van der Waals surface area contributed by atoms with Crippen LogP contribution in [0.4, 0.5) is 0 Å². The van der Waals surface area contributed by atoms with Crippen LogP contribution in [0.25, 0.3) is 0 Å². The third-order valence-electron chi connectivity index (χ3n) is 2.11. The Morgan fingerprint density at radius 1 is 1.77 bits per heavy atom. The van der Waals surface area contributed by atoms with E-state index >= 15 is 0 Å². The van der Waals surface area contributed by atoms with Crippen LogP contribution in [0, 0.1) is 0 Å². The number of carbonyl (C=O) groups is 1. The molecule has 0 aromatic heterocycles. The minimum absolute atomic E-state index is 0.293. The van der Waals surface area contributed by atoms with Crippen molar-refractivity contribution in [3.05, 3.63) is 12.2 Å². The number of hydrogen-bond acceptors (Lipinski definition) is 3. The maximum absolute atomic E-state index is 10.7. The number of carbonyl (C=O) groups excluding carboxylic acids is 1. The lowest BCUT2D eigenvalue weighted by Crippen LogP contribution is -1.98. The molecular weight excluding hydrogens is 166 g/mol. The summed E-state index contributed by atoms with van der Waals surface area (Å²) in [6.07, 6.45) is 6.34. The second-order valence-corrected chi connectivity index (χ2v) is 3.22. The van der Waals surface area contributed by atoms with Crippen LogP contribution >= 0.6 is 0 Å². The highest BCUT2D eigenvalue weighted by molar-refractivity contribution is 5.83. The first-order valence-corrected chi connectivity index (χ1v) is 4.50. The summed E-state index contributed by atoms with van der Waals surface area (Å²) in [6, 6.07) is 0.376. The molecule has 1 unspecified atom stereocenters. The molecule has 1 aliphatic rings. The molecule has 1 aliphatic heterocycles. The zero-order valence-corrected chi connectivity index (χ0v) is 8.12. The van der Waals surface area contributed by atoms with Crippen LogP contribution in [-0.4, -0.2) is 24.8 Å². The third kappa shape index (κ3) is 3.40. The number of aliphatic imine (C=N–C) groups is 1. The molecule has 1 heterocycles. The molecule has 0 amide bonds. The molecule has 0 radical (unpaired) electrons. The summed E-state index contributed by atoms with van der Waals surface area (Å²) in [6.45, 7) is 2.05. The van der Waals surface area contributed by atoms with Crippen LogP contribution in [-0.2, 0) is 9.53 Å². The molecule has 1 atom stereocenters. The second-order valence-electron chi connectivity index (χ2n) is 3.22. The second kappa shape index (κ2) is 4.80. The Kier molecular flexibility index (Phi) is 3.68. The molecule has 0 aliphatic carbocycles. The van der Waals surface area contributed by atoms with Gasteiger partial charge in [-0.25, -0.2) is 4.79 Å². The van der Waals surface area contributed by atoms with Gasteiger partial charge in [0.05, 0.1) is 13.2 Å². The molecule has 0 spiro atoms. The molecule has 3 nitrogen and oxygen atoms in total. The van der Waals surface area contributed by atoms with E-state index in [2.05, 4.69) is 9.73 Å². The molecular formula is C10H15NO2. The Bertz CT molecular complexity index is 243. The number of nitrogens with zero attached hydrogens (tertiary/aromatic N) is 1. The molecule has 72 valence electrons. The van der Waals surface area contributed by atoms with Gasteiger partial charge in [0, 0.05) is 11.8 Å². The molecule has 0 aromatic rings. The van der Waals surface area contributed by atoms with Crippen LogP contribution < -0.4 is 0 Å². The predicted molar refractivity (Wildman–Crippen MR) is 51.9 cm³/mol. The van der Waals surface area contributed by atoms with Crippen molar-refractivity contribution in [2.75, 3.05) is 7.11 Å². The van der Waals surface area contributed by atoms with E-state index in [0.717, 1.165) is 19.3 Å². The Morgan fingerprint density at radius 3 is 3.08 bits per heavy atom. The highest BCUT2D eigenvalue weighted by Crippen LogP contribution is 2.16. The topological polar surface area (TPSA) is 38.7 Å². The normalized spacial score (nSPS) is 22.0. The molecule has 13 heavy (non-hydrogen) atoms. The minimum Gasteiger partial charge on any atom is -0.466 e. The lowest BCUT2D eigenvalue weighted by atomic mass is 10.1. The highest BCUT2D eigenvalue weighted by Gasteiger charge is 2.12. The molecule has 3 heteroatoms. The smallest absolute Gasteiger partial charge is 0.330 e. The summed E-state index contributed by atoms with van der Waals surface area (Å²) < 4.78 is 4.47. The van der Waals surface area contributed by atoms with Gasteiger partial charge in [0.1, 0.15) is 0 Å². The molecule has 0 saturated carbocycles. The number of ether oxygens (including phenoxy) is 1. The van der Waals surface area contributed by atoms with Gasteiger partial charge in [0.2, 0.25) is 0 Å². The van der Waals surface area contributed by atoms with Gasteiger partial charge in [0.15, 0.2) is 0 Å². The Hall–Kier alpha value is -1.12. The van der Waals surface area contributed by atoms with Crippen LogP contribution in [0.5, 0.6) is 0 Å². The maximum atomic E-state index is 10.7. The predicted octanol–water partition coefficient (Wildman–Crippen LogP) is 1.73. The van der Waals surface area contributed by atoms with Gasteiger partial charge in [-0.2, -0.15) is 0 Å². The number of hydrogen-bond donors (Lipinski definition) is 0. The number of esters is 1. The van der Waals surface area contributed by atoms with Crippen molar-refractivity contribution in [3.8, 4) is 0 Å². The van der Waals surface area contributed by atoms with Crippen molar-refractivity contribution in [2.45, 2.75) is 32.2 Å². The van der Waals surface area contributed by atoms with Gasteiger partial charge in [0.25, 0.3) is 0 Å². The standard InChI is InChI=1S/C10H15NO2/c1-8-6-7-9(11-8)4-3-5-10(12)13-2/h3,5,9H,4,6-7H2,1-2H3. The summed E-state index contributed by atoms with van der Waals surface area (Å²) in [5, 5.41) is 0. The molecule has 0 bridgehead atoms. The summed E-state index contributed by atoms with van der Waals surface area (Å²) in [4.78, 5) is 15.1. The average Bonchev–Trinajstić information content (AvgIpc) is 2.51. The van der Waals surface area contributed by atoms with Gasteiger partial charge in [-0.05, 0) is 26.2 Å². The number of methoxy groups -OCH3 is 1. The van der Waals surface area contributed by atoms with E-state index in [1.165, 1.54) is 18.9 Å². The van der Waals surface area contributed by atoms with Crippen LogP contribution in [0.2, 0.25) is 0 Å². The first-order chi connectivity index (χ1) is 6.22. The van der Waals surface area contributed by atoms with E-state index in [0.29, 0.717) is 6.04 Å². The fourth-order valence-corrected chi connectivity index (χ4v) is 1.38. The third-order valence-corrected chi connectivity index (χ3v) is 2.11. The van der Waals surface area contributed by atoms with Gasteiger partial charge in [-0.15, -0.1) is 0 Å². The van der Waals surface area contributed by atoms with Crippen LogP contribution in [0.3, 0.4) is 0 Å². The Balaban J connectivity index is 2.27. The summed E-state index contributed by atoms with van der Waals surface area (Å²) in [5.41, 5.74) is 1.22. The van der Waals surface area contributed by atoms with E-state index < -0.39 is 0 Å². The van der Waals surface area contributed by atoms with Gasteiger partial charge in [-0.3, -0.25) is 4.99 Å². The summed E-state index contributed by atoms with van der Waals surface area (Å²) in [7, 11) is 1.38. The molecule has 0 aromatic carbocycles. The maximum Gasteiger partial charge on any atom is 0.330 e. The largest absolute Gasteiger partial charge is 0.466 e. The van der Waals surface area contributed by atoms with Crippen molar-refractivity contribution in [2.24, 2.45) is 4.99 Å². The molecule has 0 fully saturated rings.